The molecule has 50 heavy (non-hydrogen) atoms. The van der Waals surface area contributed by atoms with Crippen LogP contribution in [-0.2, 0) is 23.5 Å². The van der Waals surface area contributed by atoms with Crippen molar-refractivity contribution in [3.05, 3.63) is 12.2 Å². The SMILES string of the molecule is CCCCCCCC/C=C\CCCCCCCC(=O)OCC(CO[SiH2]C(C)(C)CCCCCCCCCCCCCCCCC)OC(=O)CC. The minimum atomic E-state index is -0.816. The van der Waals surface area contributed by atoms with Gasteiger partial charge in [-0.25, -0.2) is 0 Å². The zero-order valence-electron chi connectivity index (χ0n) is 34.3. The number of rotatable bonds is 39. The number of esters is 2. The topological polar surface area (TPSA) is 61.8 Å². The molecule has 0 N–H and O–H groups in total. The highest BCUT2D eigenvalue weighted by Gasteiger charge is 2.22. The molecule has 296 valence electrons. The fourth-order valence-corrected chi connectivity index (χ4v) is 7.82. The summed E-state index contributed by atoms with van der Waals surface area (Å²) in [5, 5.41) is 0.205. The highest BCUT2D eigenvalue weighted by Crippen LogP contribution is 2.30. The molecule has 5 nitrogen and oxygen atoms in total. The summed E-state index contributed by atoms with van der Waals surface area (Å²) in [6, 6.07) is 0. The van der Waals surface area contributed by atoms with E-state index in [4.69, 9.17) is 13.9 Å². The van der Waals surface area contributed by atoms with Crippen LogP contribution in [-0.4, -0.2) is 41.0 Å². The molecule has 0 aromatic heterocycles. The van der Waals surface area contributed by atoms with Gasteiger partial charge in [-0.05, 0) is 43.6 Å². The van der Waals surface area contributed by atoms with E-state index in [1.165, 1.54) is 161 Å². The Morgan fingerprint density at radius 2 is 0.960 bits per heavy atom. The summed E-state index contributed by atoms with van der Waals surface area (Å²) < 4.78 is 17.3. The average Bonchev–Trinajstić information content (AvgIpc) is 3.10. The molecule has 6 heteroatoms. The highest BCUT2D eigenvalue weighted by molar-refractivity contribution is 6.31. The summed E-state index contributed by atoms with van der Waals surface area (Å²) in [5.74, 6) is -0.475. The standard InChI is InChI=1S/C44H86O5Si/c1-6-9-11-13-15-17-19-21-23-25-27-29-31-33-35-37-43(46)47-39-41(49-42(45)8-3)40-48-50-44(4,5)38-36-34-32-30-28-26-24-22-20-18-16-14-12-10-7-2/h21,23,41H,6-20,22,24-40,50H2,1-5H3/b23-21-. The van der Waals surface area contributed by atoms with Crippen LogP contribution in [0.2, 0.25) is 5.04 Å². The van der Waals surface area contributed by atoms with Gasteiger partial charge in [0.05, 0.1) is 6.61 Å². The Labute approximate surface area is 314 Å². The van der Waals surface area contributed by atoms with Gasteiger partial charge in [0, 0.05) is 12.8 Å². The first-order chi connectivity index (χ1) is 24.3. The first kappa shape index (κ1) is 48.9. The maximum absolute atomic E-state index is 12.4. The van der Waals surface area contributed by atoms with Gasteiger partial charge in [0.2, 0.25) is 0 Å². The van der Waals surface area contributed by atoms with E-state index >= 15 is 0 Å². The zero-order chi connectivity index (χ0) is 36.8. The minimum absolute atomic E-state index is 0.0868. The number of carbonyl (C=O) groups is 2. The lowest BCUT2D eigenvalue weighted by atomic mass is 10.0. The highest BCUT2D eigenvalue weighted by atomic mass is 28.2. The van der Waals surface area contributed by atoms with E-state index in [1.54, 1.807) is 6.92 Å². The van der Waals surface area contributed by atoms with Crippen molar-refractivity contribution in [2.24, 2.45) is 0 Å². The minimum Gasteiger partial charge on any atom is -0.462 e. The molecule has 1 unspecified atom stereocenters. The first-order valence-electron chi connectivity index (χ1n) is 21.9. The fourth-order valence-electron chi connectivity index (χ4n) is 6.50. The van der Waals surface area contributed by atoms with Crippen LogP contribution in [0.5, 0.6) is 0 Å². The van der Waals surface area contributed by atoms with Crippen molar-refractivity contribution in [1.29, 1.82) is 0 Å². The van der Waals surface area contributed by atoms with Crippen LogP contribution >= 0.6 is 0 Å². The van der Waals surface area contributed by atoms with Crippen molar-refractivity contribution in [3.63, 3.8) is 0 Å². The zero-order valence-corrected chi connectivity index (χ0v) is 35.7. The number of carbonyl (C=O) groups excluding carboxylic acids is 2. The van der Waals surface area contributed by atoms with Gasteiger partial charge in [0.25, 0.3) is 0 Å². The molecule has 0 spiro atoms. The number of allylic oxidation sites excluding steroid dienone is 2. The van der Waals surface area contributed by atoms with E-state index in [9.17, 15) is 9.59 Å². The summed E-state index contributed by atoms with van der Waals surface area (Å²) >= 11 is 0. The van der Waals surface area contributed by atoms with E-state index < -0.39 is 15.9 Å². The number of hydrogen-bond acceptors (Lipinski definition) is 5. The second kappa shape index (κ2) is 37.6. The molecule has 0 aromatic rings. The van der Waals surface area contributed by atoms with E-state index in [-0.39, 0.29) is 23.6 Å². The number of unbranched alkanes of at least 4 members (excludes halogenated alkanes) is 25. The Morgan fingerprint density at radius 3 is 1.42 bits per heavy atom. The van der Waals surface area contributed by atoms with Crippen LogP contribution in [0.1, 0.15) is 234 Å². The largest absolute Gasteiger partial charge is 0.462 e. The predicted octanol–water partition coefficient (Wildman–Crippen LogP) is 13.4. The third-order valence-electron chi connectivity index (χ3n) is 9.91. The molecule has 0 rings (SSSR count). The molecule has 0 aliphatic carbocycles. The maximum atomic E-state index is 12.4. The molecule has 0 aliphatic heterocycles. The molecule has 0 saturated heterocycles. The third kappa shape index (κ3) is 36.6. The van der Waals surface area contributed by atoms with Gasteiger partial charge in [-0.1, -0.05) is 194 Å². The van der Waals surface area contributed by atoms with Crippen molar-refractivity contribution in [3.8, 4) is 0 Å². The van der Waals surface area contributed by atoms with Crippen LogP contribution in [0, 0.1) is 0 Å². The average molecular weight is 723 g/mol. The normalized spacial score (nSPS) is 12.7. The lowest BCUT2D eigenvalue weighted by Gasteiger charge is -2.25. The molecule has 0 radical (unpaired) electrons. The first-order valence-corrected chi connectivity index (χ1v) is 23.2. The summed E-state index contributed by atoms with van der Waals surface area (Å²) in [6.07, 6.45) is 42.9. The Kier molecular flexibility index (Phi) is 36.7. The molecule has 0 aromatic carbocycles. The lowest BCUT2D eigenvalue weighted by molar-refractivity contribution is -0.160. The van der Waals surface area contributed by atoms with Crippen molar-refractivity contribution in [2.75, 3.05) is 13.2 Å². The predicted molar refractivity (Wildman–Crippen MR) is 219 cm³/mol. The Bertz CT molecular complexity index is 768. The fraction of sp³-hybridized carbons (Fsp3) is 0.909. The molecular weight excluding hydrogens is 637 g/mol. The molecule has 0 saturated carbocycles. The van der Waals surface area contributed by atoms with Crippen LogP contribution in [0.15, 0.2) is 12.2 Å². The quantitative estimate of drug-likeness (QED) is 0.0274. The summed E-state index contributed by atoms with van der Waals surface area (Å²) in [5.41, 5.74) is 0. The van der Waals surface area contributed by atoms with Crippen LogP contribution in [0.3, 0.4) is 0 Å². The molecule has 0 fully saturated rings. The van der Waals surface area contributed by atoms with Crippen LogP contribution in [0.4, 0.5) is 0 Å². The van der Waals surface area contributed by atoms with E-state index in [0.717, 1.165) is 25.7 Å². The summed E-state index contributed by atoms with van der Waals surface area (Å²) in [4.78, 5) is 24.4. The second-order valence-corrected chi connectivity index (χ2v) is 18.5. The Balaban J connectivity index is 3.91. The molecule has 0 aliphatic rings. The summed E-state index contributed by atoms with van der Waals surface area (Å²) in [6.45, 7) is 11.4. The van der Waals surface area contributed by atoms with Gasteiger partial charge in [0.15, 0.2) is 15.9 Å². The van der Waals surface area contributed by atoms with Crippen molar-refractivity contribution in [1.82, 2.24) is 0 Å². The van der Waals surface area contributed by atoms with E-state index in [1.807, 2.05) is 0 Å². The van der Waals surface area contributed by atoms with Crippen LogP contribution in [0.25, 0.3) is 0 Å². The summed E-state index contributed by atoms with van der Waals surface area (Å²) in [7, 11) is -0.816. The van der Waals surface area contributed by atoms with Gasteiger partial charge in [0.1, 0.15) is 6.61 Å². The molecule has 1 atom stereocenters. The van der Waals surface area contributed by atoms with Gasteiger partial charge in [-0.2, -0.15) is 0 Å². The monoisotopic (exact) mass is 723 g/mol. The van der Waals surface area contributed by atoms with Crippen molar-refractivity contribution >= 4 is 21.7 Å². The molecular formula is C44H86O5Si. The van der Waals surface area contributed by atoms with Gasteiger partial charge in [-0.3, -0.25) is 9.59 Å². The van der Waals surface area contributed by atoms with E-state index in [2.05, 4.69) is 39.8 Å². The van der Waals surface area contributed by atoms with Crippen molar-refractivity contribution < 1.29 is 23.5 Å². The molecule has 0 heterocycles. The number of ether oxygens (including phenoxy) is 2. The lowest BCUT2D eigenvalue weighted by Crippen LogP contribution is -2.31. The maximum Gasteiger partial charge on any atom is 0.305 e. The third-order valence-corrected chi connectivity index (χ3v) is 11.5. The van der Waals surface area contributed by atoms with Crippen molar-refractivity contribution in [2.45, 2.75) is 245 Å². The van der Waals surface area contributed by atoms with Gasteiger partial charge in [-0.15, -0.1) is 0 Å². The van der Waals surface area contributed by atoms with E-state index in [0.29, 0.717) is 19.4 Å². The van der Waals surface area contributed by atoms with Crippen LogP contribution < -0.4 is 0 Å². The molecule has 0 bridgehead atoms. The molecule has 0 amide bonds. The van der Waals surface area contributed by atoms with Gasteiger partial charge >= 0.3 is 11.9 Å². The Morgan fingerprint density at radius 1 is 0.540 bits per heavy atom. The Hall–Kier alpha value is -1.14. The van der Waals surface area contributed by atoms with Gasteiger partial charge < -0.3 is 13.9 Å². The number of hydrogen-bond donors (Lipinski definition) is 0. The second-order valence-electron chi connectivity index (χ2n) is 15.9. The smallest absolute Gasteiger partial charge is 0.305 e.